The normalized spacial score (nSPS) is 16.1. The number of sulfonamides is 1. The second-order valence-corrected chi connectivity index (χ2v) is 6.89. The highest BCUT2D eigenvalue weighted by Gasteiger charge is 2.24. The molecule has 1 aromatic rings. The number of hydrogen-bond donors (Lipinski definition) is 0. The van der Waals surface area contributed by atoms with Crippen molar-refractivity contribution in [3.8, 4) is 0 Å². The van der Waals surface area contributed by atoms with Gasteiger partial charge in [0.2, 0.25) is 10.0 Å². The smallest absolute Gasteiger partial charge is 0.232 e. The standard InChI is InChI=1S/C13H19NO2S/c1-10(2)12-7-6-11-5-4-8-14(13(11)9-12)17(3,15)16/h6-7,9-10H,4-5,8H2,1-3H3. The van der Waals surface area contributed by atoms with Gasteiger partial charge in [-0.15, -0.1) is 0 Å². The number of rotatable bonds is 2. The van der Waals surface area contributed by atoms with Gasteiger partial charge in [-0.25, -0.2) is 8.42 Å². The summed E-state index contributed by atoms with van der Waals surface area (Å²) in [5.74, 6) is 0.420. The number of hydrogen-bond acceptors (Lipinski definition) is 2. The lowest BCUT2D eigenvalue weighted by Crippen LogP contribution is -2.34. The molecule has 1 aromatic carbocycles. The van der Waals surface area contributed by atoms with E-state index in [2.05, 4.69) is 26.0 Å². The molecular weight excluding hydrogens is 234 g/mol. The Morgan fingerprint density at radius 2 is 2.00 bits per heavy atom. The lowest BCUT2D eigenvalue weighted by molar-refractivity contribution is 0.592. The molecule has 0 saturated carbocycles. The number of anilines is 1. The summed E-state index contributed by atoms with van der Waals surface area (Å²) < 4.78 is 25.1. The molecule has 0 unspecified atom stereocenters. The van der Waals surface area contributed by atoms with E-state index in [9.17, 15) is 8.42 Å². The first-order valence-corrected chi connectivity index (χ1v) is 7.85. The largest absolute Gasteiger partial charge is 0.270 e. The Hall–Kier alpha value is -1.03. The minimum absolute atomic E-state index is 0.420. The van der Waals surface area contributed by atoms with Crippen molar-refractivity contribution in [1.82, 2.24) is 0 Å². The molecule has 4 heteroatoms. The highest BCUT2D eigenvalue weighted by atomic mass is 32.2. The SMILES string of the molecule is CC(C)c1ccc2c(c1)N(S(C)(=O)=O)CCC2. The van der Waals surface area contributed by atoms with E-state index in [4.69, 9.17) is 0 Å². The van der Waals surface area contributed by atoms with Crippen LogP contribution in [0.25, 0.3) is 0 Å². The second kappa shape index (κ2) is 4.33. The highest BCUT2D eigenvalue weighted by Crippen LogP contribution is 2.31. The van der Waals surface area contributed by atoms with E-state index in [1.165, 1.54) is 16.1 Å². The van der Waals surface area contributed by atoms with Crippen molar-refractivity contribution >= 4 is 15.7 Å². The van der Waals surface area contributed by atoms with Gasteiger partial charge in [0.25, 0.3) is 0 Å². The zero-order valence-corrected chi connectivity index (χ0v) is 11.4. The summed E-state index contributed by atoms with van der Waals surface area (Å²) >= 11 is 0. The molecule has 0 fully saturated rings. The summed E-state index contributed by atoms with van der Waals surface area (Å²) in [6.45, 7) is 4.85. The van der Waals surface area contributed by atoms with Crippen molar-refractivity contribution in [2.75, 3.05) is 17.1 Å². The van der Waals surface area contributed by atoms with Crippen molar-refractivity contribution in [2.45, 2.75) is 32.6 Å². The Kier molecular flexibility index (Phi) is 3.17. The number of nitrogens with zero attached hydrogens (tertiary/aromatic N) is 1. The molecule has 1 heterocycles. The van der Waals surface area contributed by atoms with E-state index in [0.29, 0.717) is 12.5 Å². The molecule has 94 valence electrons. The maximum absolute atomic E-state index is 11.8. The minimum atomic E-state index is -3.15. The predicted molar refractivity (Wildman–Crippen MR) is 71.0 cm³/mol. The van der Waals surface area contributed by atoms with E-state index < -0.39 is 10.0 Å². The quantitative estimate of drug-likeness (QED) is 0.812. The maximum atomic E-state index is 11.8. The van der Waals surface area contributed by atoms with Crippen LogP contribution >= 0.6 is 0 Å². The first-order chi connectivity index (χ1) is 7.89. The van der Waals surface area contributed by atoms with Crippen LogP contribution in [-0.2, 0) is 16.4 Å². The molecule has 0 N–H and O–H groups in total. The van der Waals surface area contributed by atoms with Crippen LogP contribution in [0.15, 0.2) is 18.2 Å². The Bertz CT molecular complexity index is 520. The summed E-state index contributed by atoms with van der Waals surface area (Å²) in [6.07, 6.45) is 3.16. The number of benzene rings is 1. The van der Waals surface area contributed by atoms with Gasteiger partial charge in [-0.1, -0.05) is 26.0 Å². The molecule has 0 aromatic heterocycles. The van der Waals surface area contributed by atoms with Crippen LogP contribution in [0.1, 0.15) is 37.3 Å². The minimum Gasteiger partial charge on any atom is -0.270 e. The third-order valence-electron chi connectivity index (χ3n) is 3.25. The topological polar surface area (TPSA) is 37.4 Å². The van der Waals surface area contributed by atoms with Crippen molar-refractivity contribution in [2.24, 2.45) is 0 Å². The molecule has 0 saturated heterocycles. The molecule has 2 rings (SSSR count). The predicted octanol–water partition coefficient (Wildman–Crippen LogP) is 2.52. The first kappa shape index (κ1) is 12.4. The van der Waals surface area contributed by atoms with Gasteiger partial charge in [0.15, 0.2) is 0 Å². The van der Waals surface area contributed by atoms with Crippen LogP contribution in [0.5, 0.6) is 0 Å². The van der Waals surface area contributed by atoms with Gasteiger partial charge in [0.05, 0.1) is 11.9 Å². The van der Waals surface area contributed by atoms with Crippen molar-refractivity contribution in [1.29, 1.82) is 0 Å². The van der Waals surface area contributed by atoms with E-state index in [-0.39, 0.29) is 0 Å². The Morgan fingerprint density at radius 3 is 2.59 bits per heavy atom. The van der Waals surface area contributed by atoms with Crippen LogP contribution in [0.4, 0.5) is 5.69 Å². The molecule has 0 radical (unpaired) electrons. The molecule has 17 heavy (non-hydrogen) atoms. The average molecular weight is 253 g/mol. The van der Waals surface area contributed by atoms with E-state index in [0.717, 1.165) is 24.1 Å². The molecular formula is C13H19NO2S. The summed E-state index contributed by atoms with van der Waals surface area (Å²) in [6, 6.07) is 6.21. The molecule has 0 amide bonds. The Labute approximate surface area is 104 Å². The number of fused-ring (bicyclic) bond motifs is 1. The van der Waals surface area contributed by atoms with Gasteiger partial charge in [0.1, 0.15) is 0 Å². The molecule has 0 aliphatic carbocycles. The van der Waals surface area contributed by atoms with Gasteiger partial charge in [-0.05, 0) is 36.0 Å². The third-order valence-corrected chi connectivity index (χ3v) is 4.43. The Morgan fingerprint density at radius 1 is 1.29 bits per heavy atom. The van der Waals surface area contributed by atoms with Crippen LogP contribution in [-0.4, -0.2) is 21.2 Å². The maximum Gasteiger partial charge on any atom is 0.232 e. The van der Waals surface area contributed by atoms with E-state index in [1.807, 2.05) is 6.07 Å². The van der Waals surface area contributed by atoms with Gasteiger partial charge in [0, 0.05) is 6.54 Å². The van der Waals surface area contributed by atoms with E-state index >= 15 is 0 Å². The zero-order valence-electron chi connectivity index (χ0n) is 10.6. The van der Waals surface area contributed by atoms with E-state index in [1.54, 1.807) is 0 Å². The lowest BCUT2D eigenvalue weighted by Gasteiger charge is -2.30. The molecule has 3 nitrogen and oxygen atoms in total. The third kappa shape index (κ3) is 2.46. The average Bonchev–Trinajstić information content (AvgIpc) is 2.26. The zero-order chi connectivity index (χ0) is 12.6. The van der Waals surface area contributed by atoms with Crippen molar-refractivity contribution < 1.29 is 8.42 Å². The van der Waals surface area contributed by atoms with Crippen LogP contribution in [0.2, 0.25) is 0 Å². The van der Waals surface area contributed by atoms with Crippen LogP contribution in [0.3, 0.4) is 0 Å². The Balaban J connectivity index is 2.52. The fraction of sp³-hybridized carbons (Fsp3) is 0.538. The second-order valence-electron chi connectivity index (χ2n) is 4.98. The fourth-order valence-corrected chi connectivity index (χ4v) is 3.25. The van der Waals surface area contributed by atoms with Gasteiger partial charge >= 0.3 is 0 Å². The molecule has 0 spiro atoms. The summed E-state index contributed by atoms with van der Waals surface area (Å²) in [4.78, 5) is 0. The van der Waals surface area contributed by atoms with Crippen molar-refractivity contribution in [3.63, 3.8) is 0 Å². The van der Waals surface area contributed by atoms with Gasteiger partial charge in [-0.2, -0.15) is 0 Å². The summed E-state index contributed by atoms with van der Waals surface area (Å²) in [5.41, 5.74) is 3.22. The summed E-state index contributed by atoms with van der Waals surface area (Å²) in [7, 11) is -3.15. The molecule has 0 bridgehead atoms. The molecule has 1 aliphatic heterocycles. The molecule has 0 atom stereocenters. The fourth-order valence-electron chi connectivity index (χ4n) is 2.26. The van der Waals surface area contributed by atoms with Gasteiger partial charge in [-0.3, -0.25) is 4.31 Å². The first-order valence-electron chi connectivity index (χ1n) is 6.00. The van der Waals surface area contributed by atoms with Crippen LogP contribution in [0, 0.1) is 0 Å². The van der Waals surface area contributed by atoms with Crippen LogP contribution < -0.4 is 4.31 Å². The monoisotopic (exact) mass is 253 g/mol. The van der Waals surface area contributed by atoms with Gasteiger partial charge < -0.3 is 0 Å². The molecule has 1 aliphatic rings. The lowest BCUT2D eigenvalue weighted by atomic mass is 9.96. The number of aryl methyl sites for hydroxylation is 1. The van der Waals surface area contributed by atoms with Crippen molar-refractivity contribution in [3.05, 3.63) is 29.3 Å². The highest BCUT2D eigenvalue weighted by molar-refractivity contribution is 7.92. The summed E-state index contributed by atoms with van der Waals surface area (Å²) in [5, 5.41) is 0.